The van der Waals surface area contributed by atoms with Crippen LogP contribution in [-0.2, 0) is 13.6 Å². The van der Waals surface area contributed by atoms with Gasteiger partial charge in [-0.25, -0.2) is 4.68 Å². The molecule has 0 aliphatic heterocycles. The van der Waals surface area contributed by atoms with Gasteiger partial charge in [0, 0.05) is 31.5 Å². The van der Waals surface area contributed by atoms with Crippen molar-refractivity contribution in [2.45, 2.75) is 11.7 Å². The third-order valence-corrected chi connectivity index (χ3v) is 3.91. The minimum atomic E-state index is 0.720. The molecule has 0 fully saturated rings. The largest absolute Gasteiger partial charge is 0.497 e. The first-order chi connectivity index (χ1) is 10.2. The molecular formula is C13H19N5O2S. The fraction of sp³-hybridized carbons (Fsp3) is 0.462. The van der Waals surface area contributed by atoms with Crippen molar-refractivity contribution >= 4 is 11.8 Å². The van der Waals surface area contributed by atoms with Gasteiger partial charge in [0.15, 0.2) is 0 Å². The summed E-state index contributed by atoms with van der Waals surface area (Å²) in [6.07, 6.45) is 0. The molecule has 21 heavy (non-hydrogen) atoms. The maximum atomic E-state index is 5.35. The minimum absolute atomic E-state index is 0.720. The lowest BCUT2D eigenvalue weighted by molar-refractivity contribution is 0.397. The van der Waals surface area contributed by atoms with E-state index >= 15 is 0 Å². The summed E-state index contributed by atoms with van der Waals surface area (Å²) in [5.74, 6) is 2.57. The van der Waals surface area contributed by atoms with E-state index in [1.54, 1.807) is 30.7 Å². The minimum Gasteiger partial charge on any atom is -0.497 e. The van der Waals surface area contributed by atoms with E-state index < -0.39 is 0 Å². The molecule has 0 aliphatic rings. The molecular weight excluding hydrogens is 290 g/mol. The number of hydrogen-bond acceptors (Lipinski definition) is 7. The Hall–Kier alpha value is -1.80. The van der Waals surface area contributed by atoms with Crippen molar-refractivity contribution in [3.05, 3.63) is 23.8 Å². The van der Waals surface area contributed by atoms with Crippen molar-refractivity contribution in [2.24, 2.45) is 7.05 Å². The van der Waals surface area contributed by atoms with Gasteiger partial charge in [-0.3, -0.25) is 0 Å². The van der Waals surface area contributed by atoms with Gasteiger partial charge in [0.25, 0.3) is 0 Å². The van der Waals surface area contributed by atoms with Crippen LogP contribution >= 0.6 is 11.8 Å². The second-order valence-corrected chi connectivity index (χ2v) is 5.35. The van der Waals surface area contributed by atoms with Gasteiger partial charge in [0.1, 0.15) is 11.5 Å². The van der Waals surface area contributed by atoms with E-state index in [4.69, 9.17) is 9.47 Å². The van der Waals surface area contributed by atoms with Crippen molar-refractivity contribution in [3.63, 3.8) is 0 Å². The molecule has 1 heterocycles. The Kier molecular flexibility index (Phi) is 5.82. The van der Waals surface area contributed by atoms with Crippen LogP contribution in [0.2, 0.25) is 0 Å². The topological polar surface area (TPSA) is 74.1 Å². The number of tetrazole rings is 1. The number of methoxy groups -OCH3 is 2. The summed E-state index contributed by atoms with van der Waals surface area (Å²) in [5, 5.41) is 15.5. The lowest BCUT2D eigenvalue weighted by Gasteiger charge is -2.11. The van der Waals surface area contributed by atoms with Crippen LogP contribution < -0.4 is 14.8 Å². The molecule has 8 heteroatoms. The van der Waals surface area contributed by atoms with Crippen molar-refractivity contribution < 1.29 is 9.47 Å². The van der Waals surface area contributed by atoms with Crippen LogP contribution in [0.3, 0.4) is 0 Å². The van der Waals surface area contributed by atoms with Crippen LogP contribution in [0.15, 0.2) is 23.4 Å². The molecule has 0 atom stereocenters. The zero-order valence-corrected chi connectivity index (χ0v) is 13.2. The number of thioether (sulfide) groups is 1. The molecule has 0 unspecified atom stereocenters. The van der Waals surface area contributed by atoms with Crippen molar-refractivity contribution in [2.75, 3.05) is 26.5 Å². The van der Waals surface area contributed by atoms with E-state index in [9.17, 15) is 0 Å². The van der Waals surface area contributed by atoms with Crippen LogP contribution in [0.25, 0.3) is 0 Å². The number of nitrogens with one attached hydrogen (secondary N) is 1. The van der Waals surface area contributed by atoms with Gasteiger partial charge in [-0.1, -0.05) is 11.8 Å². The quantitative estimate of drug-likeness (QED) is 0.578. The molecule has 0 bridgehead atoms. The van der Waals surface area contributed by atoms with Crippen molar-refractivity contribution in [1.82, 2.24) is 25.5 Å². The Morgan fingerprint density at radius 3 is 2.81 bits per heavy atom. The zero-order valence-electron chi connectivity index (χ0n) is 12.4. The number of nitrogens with zero attached hydrogens (tertiary/aromatic N) is 4. The predicted octanol–water partition coefficient (Wildman–Crippen LogP) is 1.11. The second kappa shape index (κ2) is 7.84. The van der Waals surface area contributed by atoms with E-state index in [1.165, 1.54) is 0 Å². The molecule has 2 aromatic rings. The molecule has 0 aliphatic carbocycles. The molecule has 1 aromatic carbocycles. The fourth-order valence-corrected chi connectivity index (χ4v) is 2.55. The molecule has 114 valence electrons. The summed E-state index contributed by atoms with van der Waals surface area (Å²) in [5.41, 5.74) is 1.07. The van der Waals surface area contributed by atoms with Crippen LogP contribution in [0.5, 0.6) is 11.5 Å². The lowest BCUT2D eigenvalue weighted by Crippen LogP contribution is -2.17. The number of benzene rings is 1. The first kappa shape index (κ1) is 15.6. The monoisotopic (exact) mass is 309 g/mol. The molecule has 1 N–H and O–H groups in total. The highest BCUT2D eigenvalue weighted by Crippen LogP contribution is 2.23. The highest BCUT2D eigenvalue weighted by atomic mass is 32.2. The van der Waals surface area contributed by atoms with E-state index in [1.807, 2.05) is 25.2 Å². The van der Waals surface area contributed by atoms with Crippen LogP contribution in [-0.4, -0.2) is 46.7 Å². The van der Waals surface area contributed by atoms with E-state index in [2.05, 4.69) is 20.8 Å². The Bertz CT molecular complexity index is 575. The molecule has 1 aromatic heterocycles. The van der Waals surface area contributed by atoms with Gasteiger partial charge in [-0.2, -0.15) is 0 Å². The van der Waals surface area contributed by atoms with E-state index in [0.29, 0.717) is 0 Å². The molecule has 0 amide bonds. The third kappa shape index (κ3) is 4.33. The number of aryl methyl sites for hydroxylation is 1. The highest BCUT2D eigenvalue weighted by molar-refractivity contribution is 7.99. The summed E-state index contributed by atoms with van der Waals surface area (Å²) < 4.78 is 12.2. The average molecular weight is 309 g/mol. The molecule has 2 rings (SSSR count). The summed E-state index contributed by atoms with van der Waals surface area (Å²) in [6.45, 7) is 1.57. The molecule has 0 radical (unpaired) electrons. The van der Waals surface area contributed by atoms with E-state index in [0.717, 1.165) is 41.1 Å². The maximum absolute atomic E-state index is 5.35. The van der Waals surface area contributed by atoms with Gasteiger partial charge >= 0.3 is 0 Å². The molecule has 0 saturated carbocycles. The maximum Gasteiger partial charge on any atom is 0.209 e. The summed E-state index contributed by atoms with van der Waals surface area (Å²) >= 11 is 1.61. The Labute approximate surface area is 128 Å². The van der Waals surface area contributed by atoms with Gasteiger partial charge in [-0.15, -0.1) is 5.10 Å². The average Bonchev–Trinajstić information content (AvgIpc) is 2.92. The standard InChI is InChI=1S/C13H19N5O2S/c1-18-13(15-16-17-18)21-7-6-14-9-10-8-11(19-2)4-5-12(10)20-3/h4-5,8,14H,6-7,9H2,1-3H3. The lowest BCUT2D eigenvalue weighted by atomic mass is 10.2. The Balaban J connectivity index is 1.79. The summed E-state index contributed by atoms with van der Waals surface area (Å²) in [7, 11) is 5.16. The smallest absolute Gasteiger partial charge is 0.209 e. The second-order valence-electron chi connectivity index (χ2n) is 4.29. The zero-order chi connectivity index (χ0) is 15.1. The summed E-state index contributed by atoms with van der Waals surface area (Å²) in [4.78, 5) is 0. The van der Waals surface area contributed by atoms with Crippen molar-refractivity contribution in [1.29, 1.82) is 0 Å². The van der Waals surface area contributed by atoms with Gasteiger partial charge in [0.2, 0.25) is 5.16 Å². The number of hydrogen-bond donors (Lipinski definition) is 1. The van der Waals surface area contributed by atoms with Crippen molar-refractivity contribution in [3.8, 4) is 11.5 Å². The van der Waals surface area contributed by atoms with Crippen LogP contribution in [0.4, 0.5) is 0 Å². The Morgan fingerprint density at radius 1 is 1.29 bits per heavy atom. The summed E-state index contributed by atoms with van der Waals surface area (Å²) in [6, 6.07) is 5.78. The molecule has 0 saturated heterocycles. The van der Waals surface area contributed by atoms with Crippen LogP contribution in [0.1, 0.15) is 5.56 Å². The van der Waals surface area contributed by atoms with Gasteiger partial charge in [-0.05, 0) is 28.6 Å². The highest BCUT2D eigenvalue weighted by Gasteiger charge is 2.05. The molecule has 7 nitrogen and oxygen atoms in total. The number of ether oxygens (including phenoxy) is 2. The SMILES string of the molecule is COc1ccc(OC)c(CNCCSc2nnnn2C)c1. The first-order valence-electron chi connectivity index (χ1n) is 6.51. The van der Waals surface area contributed by atoms with Gasteiger partial charge < -0.3 is 14.8 Å². The first-order valence-corrected chi connectivity index (χ1v) is 7.50. The van der Waals surface area contributed by atoms with E-state index in [-0.39, 0.29) is 0 Å². The van der Waals surface area contributed by atoms with Gasteiger partial charge in [0.05, 0.1) is 14.2 Å². The third-order valence-electron chi connectivity index (χ3n) is 2.89. The number of rotatable bonds is 8. The Morgan fingerprint density at radius 2 is 2.14 bits per heavy atom. The number of aromatic nitrogens is 4. The molecule has 0 spiro atoms. The normalized spacial score (nSPS) is 10.6. The van der Waals surface area contributed by atoms with Crippen LogP contribution in [0, 0.1) is 0 Å². The fourth-order valence-electron chi connectivity index (χ4n) is 1.80. The predicted molar refractivity (Wildman–Crippen MR) is 80.8 cm³/mol.